The highest BCUT2D eigenvalue weighted by molar-refractivity contribution is 6.08. The molecule has 1 heterocycles. The van der Waals surface area contributed by atoms with Gasteiger partial charge in [0, 0.05) is 7.05 Å². The lowest BCUT2D eigenvalue weighted by Crippen LogP contribution is -2.10. The standard InChI is InChI=1S/C13H12F2N2O/c1-3-8-7-11(17(2)16-8)13(18)9-5-4-6-10(14)12(9)15/h4-7H,3H2,1-2H3. The molecular weight excluding hydrogens is 238 g/mol. The van der Waals surface area contributed by atoms with Gasteiger partial charge in [0.2, 0.25) is 5.78 Å². The first-order valence-electron chi connectivity index (χ1n) is 5.56. The Labute approximate surface area is 103 Å². The average molecular weight is 250 g/mol. The maximum Gasteiger partial charge on any atom is 0.214 e. The minimum Gasteiger partial charge on any atom is -0.287 e. The van der Waals surface area contributed by atoms with Crippen LogP contribution in [0.1, 0.15) is 28.7 Å². The molecule has 0 fully saturated rings. The first-order chi connectivity index (χ1) is 8.54. The third-order valence-corrected chi connectivity index (χ3v) is 2.72. The minimum atomic E-state index is -1.12. The highest BCUT2D eigenvalue weighted by atomic mass is 19.2. The van der Waals surface area contributed by atoms with Gasteiger partial charge in [-0.25, -0.2) is 8.78 Å². The number of carbonyl (C=O) groups is 1. The molecule has 94 valence electrons. The number of benzene rings is 1. The SMILES string of the molecule is CCc1cc(C(=O)c2cccc(F)c2F)n(C)n1. The molecule has 2 rings (SSSR count). The summed E-state index contributed by atoms with van der Waals surface area (Å²) < 4.78 is 28.0. The summed E-state index contributed by atoms with van der Waals surface area (Å²) in [6, 6.07) is 5.14. The van der Waals surface area contributed by atoms with Gasteiger partial charge in [0.25, 0.3) is 0 Å². The van der Waals surface area contributed by atoms with E-state index in [-0.39, 0.29) is 11.3 Å². The Hall–Kier alpha value is -2.04. The van der Waals surface area contributed by atoms with Crippen molar-refractivity contribution in [3.63, 3.8) is 0 Å². The zero-order chi connectivity index (χ0) is 13.3. The van der Waals surface area contributed by atoms with Crippen LogP contribution in [-0.4, -0.2) is 15.6 Å². The zero-order valence-corrected chi connectivity index (χ0v) is 10.1. The molecule has 5 heteroatoms. The molecular formula is C13H12F2N2O. The lowest BCUT2D eigenvalue weighted by molar-refractivity contribution is 0.102. The molecule has 0 aliphatic rings. The number of ketones is 1. The second-order valence-electron chi connectivity index (χ2n) is 3.93. The Balaban J connectivity index is 2.48. The Morgan fingerprint density at radius 3 is 2.72 bits per heavy atom. The van der Waals surface area contributed by atoms with Gasteiger partial charge in [0.1, 0.15) is 5.69 Å². The van der Waals surface area contributed by atoms with Crippen LogP contribution in [0.2, 0.25) is 0 Å². The van der Waals surface area contributed by atoms with E-state index in [1.807, 2.05) is 6.92 Å². The summed E-state index contributed by atoms with van der Waals surface area (Å²) in [7, 11) is 1.60. The number of aromatic nitrogens is 2. The van der Waals surface area contributed by atoms with Gasteiger partial charge in [-0.05, 0) is 24.6 Å². The summed E-state index contributed by atoms with van der Waals surface area (Å²) in [6.45, 7) is 1.90. The van der Waals surface area contributed by atoms with Crippen LogP contribution in [0.25, 0.3) is 0 Å². The van der Waals surface area contributed by atoms with Crippen molar-refractivity contribution in [1.29, 1.82) is 0 Å². The van der Waals surface area contributed by atoms with E-state index in [1.54, 1.807) is 13.1 Å². The predicted molar refractivity (Wildman–Crippen MR) is 62.4 cm³/mol. The molecule has 3 nitrogen and oxygen atoms in total. The zero-order valence-electron chi connectivity index (χ0n) is 10.1. The Morgan fingerprint density at radius 1 is 1.39 bits per heavy atom. The molecule has 0 aliphatic carbocycles. The van der Waals surface area contributed by atoms with Crippen molar-refractivity contribution >= 4 is 5.78 Å². The molecule has 0 aliphatic heterocycles. The number of hydrogen-bond acceptors (Lipinski definition) is 2. The fourth-order valence-corrected chi connectivity index (χ4v) is 1.73. The number of halogens is 2. The van der Waals surface area contributed by atoms with E-state index in [0.29, 0.717) is 6.42 Å². The van der Waals surface area contributed by atoms with E-state index >= 15 is 0 Å². The molecule has 0 unspecified atom stereocenters. The fraction of sp³-hybridized carbons (Fsp3) is 0.231. The highest BCUT2D eigenvalue weighted by Gasteiger charge is 2.20. The van der Waals surface area contributed by atoms with Crippen molar-refractivity contribution in [2.45, 2.75) is 13.3 Å². The Kier molecular flexibility index (Phi) is 3.23. The van der Waals surface area contributed by atoms with E-state index in [2.05, 4.69) is 5.10 Å². The summed E-state index contributed by atoms with van der Waals surface area (Å²) in [5.41, 5.74) is 0.703. The van der Waals surface area contributed by atoms with Crippen molar-refractivity contribution in [3.8, 4) is 0 Å². The molecule has 18 heavy (non-hydrogen) atoms. The van der Waals surface area contributed by atoms with Crippen molar-refractivity contribution in [2.24, 2.45) is 7.05 Å². The van der Waals surface area contributed by atoms with Gasteiger partial charge >= 0.3 is 0 Å². The van der Waals surface area contributed by atoms with Crippen LogP contribution in [0.4, 0.5) is 8.78 Å². The molecule has 2 aromatic rings. The smallest absolute Gasteiger partial charge is 0.214 e. The number of aryl methyl sites for hydroxylation is 2. The number of carbonyl (C=O) groups excluding carboxylic acids is 1. The van der Waals surface area contributed by atoms with Gasteiger partial charge in [-0.1, -0.05) is 13.0 Å². The van der Waals surface area contributed by atoms with Gasteiger partial charge in [0.15, 0.2) is 11.6 Å². The van der Waals surface area contributed by atoms with Gasteiger partial charge < -0.3 is 0 Å². The van der Waals surface area contributed by atoms with Crippen LogP contribution < -0.4 is 0 Å². The third kappa shape index (κ3) is 2.03. The second kappa shape index (κ2) is 4.68. The van der Waals surface area contributed by atoms with E-state index in [4.69, 9.17) is 0 Å². The first kappa shape index (κ1) is 12.4. The minimum absolute atomic E-state index is 0.247. The van der Waals surface area contributed by atoms with Crippen molar-refractivity contribution in [2.75, 3.05) is 0 Å². The largest absolute Gasteiger partial charge is 0.287 e. The van der Waals surface area contributed by atoms with Crippen LogP contribution in [0.5, 0.6) is 0 Å². The van der Waals surface area contributed by atoms with Crippen LogP contribution in [-0.2, 0) is 13.5 Å². The first-order valence-corrected chi connectivity index (χ1v) is 5.56. The predicted octanol–water partition coefficient (Wildman–Crippen LogP) is 2.49. The van der Waals surface area contributed by atoms with E-state index in [9.17, 15) is 13.6 Å². The molecule has 0 amide bonds. The normalized spacial score (nSPS) is 10.7. The molecule has 0 radical (unpaired) electrons. The van der Waals surface area contributed by atoms with Gasteiger partial charge in [-0.3, -0.25) is 9.48 Å². The average Bonchev–Trinajstić information content (AvgIpc) is 2.73. The van der Waals surface area contributed by atoms with Crippen molar-refractivity contribution in [1.82, 2.24) is 9.78 Å². The monoisotopic (exact) mass is 250 g/mol. The lowest BCUT2D eigenvalue weighted by atomic mass is 10.1. The van der Waals surface area contributed by atoms with E-state index in [0.717, 1.165) is 11.8 Å². The van der Waals surface area contributed by atoms with E-state index in [1.165, 1.54) is 16.8 Å². The summed E-state index contributed by atoms with van der Waals surface area (Å²) in [5, 5.41) is 4.11. The molecule has 0 bridgehead atoms. The highest BCUT2D eigenvalue weighted by Crippen LogP contribution is 2.16. The molecule has 0 atom stereocenters. The Morgan fingerprint density at radius 2 is 2.11 bits per heavy atom. The van der Waals surface area contributed by atoms with Crippen molar-refractivity contribution in [3.05, 3.63) is 52.9 Å². The molecule has 1 aromatic heterocycles. The number of nitrogens with zero attached hydrogens (tertiary/aromatic N) is 2. The molecule has 0 saturated carbocycles. The Bertz CT molecular complexity index is 605. The maximum atomic E-state index is 13.5. The van der Waals surface area contributed by atoms with Gasteiger partial charge in [-0.15, -0.1) is 0 Å². The maximum absolute atomic E-state index is 13.5. The summed E-state index contributed by atoms with van der Waals surface area (Å²) in [4.78, 5) is 12.1. The quantitative estimate of drug-likeness (QED) is 0.784. The van der Waals surface area contributed by atoms with Crippen LogP contribution in [0.3, 0.4) is 0 Å². The van der Waals surface area contributed by atoms with Crippen molar-refractivity contribution < 1.29 is 13.6 Å². The molecule has 0 spiro atoms. The molecule has 0 N–H and O–H groups in total. The lowest BCUT2D eigenvalue weighted by Gasteiger charge is -2.03. The molecule has 1 aromatic carbocycles. The number of hydrogen-bond donors (Lipinski definition) is 0. The summed E-state index contributed by atoms with van der Waals surface area (Å²) in [5.74, 6) is -2.72. The second-order valence-corrected chi connectivity index (χ2v) is 3.93. The topological polar surface area (TPSA) is 34.9 Å². The summed E-state index contributed by atoms with van der Waals surface area (Å²) >= 11 is 0. The van der Waals surface area contributed by atoms with Crippen LogP contribution in [0.15, 0.2) is 24.3 Å². The van der Waals surface area contributed by atoms with Crippen LogP contribution >= 0.6 is 0 Å². The van der Waals surface area contributed by atoms with Crippen LogP contribution in [0, 0.1) is 11.6 Å². The van der Waals surface area contributed by atoms with Gasteiger partial charge in [0.05, 0.1) is 11.3 Å². The van der Waals surface area contributed by atoms with E-state index < -0.39 is 17.4 Å². The third-order valence-electron chi connectivity index (χ3n) is 2.72. The summed E-state index contributed by atoms with van der Waals surface area (Å²) in [6.07, 6.45) is 0.673. The fourth-order valence-electron chi connectivity index (χ4n) is 1.73. The van der Waals surface area contributed by atoms with Gasteiger partial charge in [-0.2, -0.15) is 5.10 Å². The number of rotatable bonds is 3. The molecule has 0 saturated heterocycles.